The Kier molecular flexibility index (Phi) is 7.12. The van der Waals surface area contributed by atoms with Crippen LogP contribution in [0, 0.1) is 0 Å². The third-order valence-corrected chi connectivity index (χ3v) is 10.7. The van der Waals surface area contributed by atoms with Crippen molar-refractivity contribution >= 4 is 108 Å². The number of carbonyl (C=O) groups is 2. The standard InChI is InChI=1S/C34H26Br3NO3/c1-15(2)18-10-7-11-19(16(3)4)32(18)38-33(39)29-28-25-22(14-23(35)27(28)34(40)41)20-12-5-8-17-9-6-13-21(24(17)20)26(25)30(36)31(29)37/h5-16H,1-4H3,(H,38,39)(H,40,41). The van der Waals surface area contributed by atoms with Gasteiger partial charge in [-0.25, -0.2) is 4.79 Å². The van der Waals surface area contributed by atoms with E-state index in [2.05, 4.69) is 105 Å². The highest BCUT2D eigenvalue weighted by molar-refractivity contribution is 9.13. The molecule has 0 fully saturated rings. The maximum Gasteiger partial charge on any atom is 0.337 e. The third kappa shape index (κ3) is 4.27. The van der Waals surface area contributed by atoms with Crippen LogP contribution in [0.3, 0.4) is 0 Å². The molecule has 0 aliphatic rings. The molecule has 0 bridgehead atoms. The third-order valence-electron chi connectivity index (χ3n) is 7.93. The van der Waals surface area contributed by atoms with Crippen molar-refractivity contribution < 1.29 is 14.7 Å². The van der Waals surface area contributed by atoms with Crippen LogP contribution in [-0.4, -0.2) is 17.0 Å². The molecule has 2 N–H and O–H groups in total. The van der Waals surface area contributed by atoms with E-state index in [1.807, 2.05) is 36.4 Å². The topological polar surface area (TPSA) is 66.4 Å². The van der Waals surface area contributed by atoms with E-state index in [9.17, 15) is 14.7 Å². The summed E-state index contributed by atoms with van der Waals surface area (Å²) >= 11 is 11.1. The molecule has 0 radical (unpaired) electrons. The first kappa shape index (κ1) is 28.1. The van der Waals surface area contributed by atoms with Crippen LogP contribution in [0.1, 0.15) is 71.4 Å². The van der Waals surface area contributed by atoms with Crippen LogP contribution in [0.4, 0.5) is 5.69 Å². The lowest BCUT2D eigenvalue weighted by Gasteiger charge is -2.23. The summed E-state index contributed by atoms with van der Waals surface area (Å²) in [6, 6.07) is 20.2. The zero-order chi connectivity index (χ0) is 29.3. The van der Waals surface area contributed by atoms with Gasteiger partial charge in [-0.15, -0.1) is 0 Å². The maximum absolute atomic E-state index is 14.4. The predicted octanol–water partition coefficient (Wildman–Crippen LogP) is 11.2. The van der Waals surface area contributed by atoms with Gasteiger partial charge in [-0.1, -0.05) is 82.3 Å². The van der Waals surface area contributed by atoms with Gasteiger partial charge in [0.15, 0.2) is 0 Å². The van der Waals surface area contributed by atoms with E-state index in [4.69, 9.17) is 0 Å². The summed E-state index contributed by atoms with van der Waals surface area (Å²) in [4.78, 5) is 27.3. The van der Waals surface area contributed by atoms with Crippen molar-refractivity contribution in [2.24, 2.45) is 0 Å². The molecule has 0 unspecified atom stereocenters. The molecular formula is C34H26Br3NO3. The highest BCUT2D eigenvalue weighted by Gasteiger charge is 2.30. The lowest BCUT2D eigenvalue weighted by atomic mass is 9.86. The van der Waals surface area contributed by atoms with Gasteiger partial charge >= 0.3 is 5.97 Å². The van der Waals surface area contributed by atoms with E-state index in [0.29, 0.717) is 18.8 Å². The van der Waals surface area contributed by atoms with Crippen molar-refractivity contribution in [3.8, 4) is 0 Å². The van der Waals surface area contributed by atoms with Crippen LogP contribution >= 0.6 is 47.8 Å². The smallest absolute Gasteiger partial charge is 0.337 e. The minimum atomic E-state index is -1.11. The number of carboxylic acids is 1. The molecule has 206 valence electrons. The number of carboxylic acid groups (broad SMARTS) is 1. The number of nitrogens with one attached hydrogen (secondary N) is 1. The van der Waals surface area contributed by atoms with Gasteiger partial charge < -0.3 is 10.4 Å². The van der Waals surface area contributed by atoms with Gasteiger partial charge in [-0.3, -0.25) is 4.79 Å². The van der Waals surface area contributed by atoms with Crippen molar-refractivity contribution in [1.82, 2.24) is 0 Å². The molecule has 6 aromatic carbocycles. The number of halogens is 3. The number of aromatic carboxylic acids is 1. The van der Waals surface area contributed by atoms with Crippen molar-refractivity contribution in [2.75, 3.05) is 5.32 Å². The molecule has 0 atom stereocenters. The number of hydrogen-bond acceptors (Lipinski definition) is 2. The Bertz CT molecular complexity index is 2030. The predicted molar refractivity (Wildman–Crippen MR) is 180 cm³/mol. The summed E-state index contributed by atoms with van der Waals surface area (Å²) in [6.45, 7) is 8.40. The first-order chi connectivity index (χ1) is 19.5. The normalized spacial score (nSPS) is 12.0. The second kappa shape index (κ2) is 10.4. The maximum atomic E-state index is 14.4. The fourth-order valence-corrected chi connectivity index (χ4v) is 7.91. The highest BCUT2D eigenvalue weighted by atomic mass is 79.9. The lowest BCUT2D eigenvalue weighted by molar-refractivity contribution is 0.0698. The highest BCUT2D eigenvalue weighted by Crippen LogP contribution is 2.50. The largest absolute Gasteiger partial charge is 0.478 e. The average Bonchev–Trinajstić information content (AvgIpc) is 2.92. The van der Waals surface area contributed by atoms with Crippen LogP contribution < -0.4 is 5.32 Å². The number of fused-ring (bicyclic) bond motifs is 2. The molecule has 0 spiro atoms. The molecule has 6 rings (SSSR count). The minimum absolute atomic E-state index is 0.0520. The van der Waals surface area contributed by atoms with Gasteiger partial charge in [0.25, 0.3) is 5.91 Å². The Balaban J connectivity index is 1.78. The molecule has 6 aromatic rings. The number of benzene rings is 6. The van der Waals surface area contributed by atoms with Gasteiger partial charge in [0, 0.05) is 35.3 Å². The van der Waals surface area contributed by atoms with Gasteiger partial charge in [-0.2, -0.15) is 0 Å². The van der Waals surface area contributed by atoms with Crippen LogP contribution in [0.2, 0.25) is 0 Å². The summed E-state index contributed by atoms with van der Waals surface area (Å²) in [5.74, 6) is -1.13. The number of amides is 1. The summed E-state index contributed by atoms with van der Waals surface area (Å²) < 4.78 is 1.63. The van der Waals surface area contributed by atoms with Gasteiger partial charge in [0.2, 0.25) is 0 Å². The van der Waals surface area contributed by atoms with E-state index in [1.54, 1.807) is 0 Å². The van der Waals surface area contributed by atoms with E-state index < -0.39 is 5.97 Å². The average molecular weight is 736 g/mol. The molecule has 0 saturated carbocycles. The summed E-state index contributed by atoms with van der Waals surface area (Å²) in [5.41, 5.74) is 3.16. The van der Waals surface area contributed by atoms with Crippen molar-refractivity contribution in [1.29, 1.82) is 0 Å². The second-order valence-electron chi connectivity index (χ2n) is 11.0. The Labute approximate surface area is 262 Å². The first-order valence-electron chi connectivity index (χ1n) is 13.4. The fourth-order valence-electron chi connectivity index (χ4n) is 6.13. The van der Waals surface area contributed by atoms with Crippen molar-refractivity contribution in [3.05, 3.63) is 96.3 Å². The molecule has 0 aliphatic heterocycles. The fraction of sp³-hybridized carbons (Fsp3) is 0.176. The number of para-hydroxylation sites is 1. The number of anilines is 1. The number of carbonyl (C=O) groups excluding carboxylic acids is 1. The Morgan fingerprint density at radius 2 is 1.27 bits per heavy atom. The van der Waals surface area contributed by atoms with Gasteiger partial charge in [-0.05, 0) is 104 Å². The molecule has 0 aliphatic carbocycles. The molecule has 41 heavy (non-hydrogen) atoms. The molecule has 7 heteroatoms. The van der Waals surface area contributed by atoms with E-state index in [0.717, 1.165) is 54.5 Å². The van der Waals surface area contributed by atoms with Gasteiger partial charge in [0.05, 0.1) is 11.1 Å². The molecule has 1 amide bonds. The summed E-state index contributed by atoms with van der Waals surface area (Å²) in [6.07, 6.45) is 0. The van der Waals surface area contributed by atoms with Crippen LogP contribution in [0.25, 0.3) is 43.1 Å². The Hall–Kier alpha value is -3.00. The summed E-state index contributed by atoms with van der Waals surface area (Å²) in [7, 11) is 0. The van der Waals surface area contributed by atoms with Crippen LogP contribution in [0.5, 0.6) is 0 Å². The molecule has 0 heterocycles. The van der Waals surface area contributed by atoms with E-state index in [-0.39, 0.29) is 28.9 Å². The van der Waals surface area contributed by atoms with E-state index in [1.165, 1.54) is 0 Å². The molecule has 0 aromatic heterocycles. The van der Waals surface area contributed by atoms with Gasteiger partial charge in [0.1, 0.15) is 0 Å². The SMILES string of the molecule is CC(C)c1cccc(C(C)C)c1NC(=O)c1c(Br)c(Br)c2c3cccc4cccc(c5cc(Br)c(C(=O)O)c1c52)c43. The number of hydrogen-bond donors (Lipinski definition) is 2. The first-order valence-corrected chi connectivity index (χ1v) is 15.8. The zero-order valence-corrected chi connectivity index (χ0v) is 27.6. The van der Waals surface area contributed by atoms with Crippen LogP contribution in [-0.2, 0) is 0 Å². The Morgan fingerprint density at radius 1 is 0.683 bits per heavy atom. The minimum Gasteiger partial charge on any atom is -0.478 e. The molecular weight excluding hydrogens is 710 g/mol. The lowest BCUT2D eigenvalue weighted by Crippen LogP contribution is -2.18. The van der Waals surface area contributed by atoms with E-state index >= 15 is 0 Å². The quantitative estimate of drug-likeness (QED) is 0.137. The Morgan fingerprint density at radius 3 is 1.85 bits per heavy atom. The monoisotopic (exact) mass is 733 g/mol. The molecule has 4 nitrogen and oxygen atoms in total. The van der Waals surface area contributed by atoms with Crippen molar-refractivity contribution in [3.63, 3.8) is 0 Å². The number of rotatable bonds is 5. The zero-order valence-electron chi connectivity index (χ0n) is 22.8. The summed E-state index contributed by atoms with van der Waals surface area (Å²) in [5, 5.41) is 20.7. The molecule has 0 saturated heterocycles. The van der Waals surface area contributed by atoms with Crippen LogP contribution in [0.15, 0.2) is 74.1 Å². The van der Waals surface area contributed by atoms with Crippen molar-refractivity contribution in [2.45, 2.75) is 39.5 Å². The second-order valence-corrected chi connectivity index (χ2v) is 13.4.